The predicted octanol–water partition coefficient (Wildman–Crippen LogP) is 4.52. The minimum absolute atomic E-state index is 0.602. The van der Waals surface area contributed by atoms with Crippen molar-refractivity contribution in [3.63, 3.8) is 0 Å². The number of halogens is 3. The Hall–Kier alpha value is -1.25. The molecule has 0 atom stereocenters. The van der Waals surface area contributed by atoms with Crippen LogP contribution in [-0.4, -0.2) is 0 Å². The smallest absolute Gasteiger partial charge is 0.166 e. The first-order chi connectivity index (χ1) is 7.04. The van der Waals surface area contributed by atoms with Crippen molar-refractivity contribution in [2.75, 3.05) is 0 Å². The Balaban J connectivity index is 2.73. The second kappa shape index (κ2) is 5.01. The molecule has 0 spiro atoms. The lowest BCUT2D eigenvalue weighted by atomic mass is 10.1. The number of hydrogen-bond donors (Lipinski definition) is 0. The number of allylic oxidation sites excluding steroid dienone is 1. The molecule has 82 valence electrons. The molecule has 0 aliphatic heterocycles. The van der Waals surface area contributed by atoms with Crippen molar-refractivity contribution in [2.24, 2.45) is 0 Å². The van der Waals surface area contributed by atoms with Crippen LogP contribution in [0.2, 0.25) is 0 Å². The highest BCUT2D eigenvalue weighted by Gasteiger charge is 2.29. The van der Waals surface area contributed by atoms with Gasteiger partial charge in [0.15, 0.2) is 0 Å². The molecule has 0 aromatic heterocycles. The molecule has 1 aromatic carbocycles. The molecule has 0 radical (unpaired) electrons. The number of unbranched alkanes of at least 4 members (excludes halogenated alkanes) is 1. The summed E-state index contributed by atoms with van der Waals surface area (Å²) in [5, 5.41) is 0. The summed E-state index contributed by atoms with van der Waals surface area (Å²) in [5.74, 6) is 0. The maximum absolute atomic E-state index is 12.2. The van der Waals surface area contributed by atoms with Crippen molar-refractivity contribution in [3.05, 3.63) is 41.5 Å². The molecule has 0 fully saturated rings. The van der Waals surface area contributed by atoms with Gasteiger partial charge in [0.05, 0.1) is 5.56 Å². The van der Waals surface area contributed by atoms with Crippen molar-refractivity contribution < 1.29 is 13.2 Å². The first kappa shape index (κ1) is 11.8. The van der Waals surface area contributed by atoms with Crippen LogP contribution in [0.25, 0.3) is 6.08 Å². The van der Waals surface area contributed by atoms with E-state index in [4.69, 9.17) is 0 Å². The molecule has 0 aliphatic rings. The van der Waals surface area contributed by atoms with Crippen LogP contribution in [0.1, 0.15) is 30.9 Å². The van der Waals surface area contributed by atoms with Gasteiger partial charge < -0.3 is 0 Å². The zero-order valence-corrected chi connectivity index (χ0v) is 8.51. The third-order valence-electron chi connectivity index (χ3n) is 2.00. The highest BCUT2D eigenvalue weighted by Crippen LogP contribution is 2.29. The maximum atomic E-state index is 12.2. The molecule has 0 aliphatic carbocycles. The molecule has 1 rings (SSSR count). The van der Waals surface area contributed by atoms with Crippen molar-refractivity contribution in [1.29, 1.82) is 0 Å². The van der Waals surface area contributed by atoms with E-state index in [1.165, 1.54) is 12.1 Å². The van der Waals surface area contributed by atoms with Gasteiger partial charge >= 0.3 is 6.18 Å². The Bertz CT molecular complexity index is 320. The monoisotopic (exact) mass is 214 g/mol. The lowest BCUT2D eigenvalue weighted by molar-refractivity contribution is -0.137. The fourth-order valence-corrected chi connectivity index (χ4v) is 1.17. The van der Waals surface area contributed by atoms with Gasteiger partial charge in [-0.15, -0.1) is 0 Å². The molecule has 0 amide bonds. The Kier molecular flexibility index (Phi) is 3.95. The van der Waals surface area contributed by atoms with E-state index >= 15 is 0 Å². The molecule has 3 heteroatoms. The lowest BCUT2D eigenvalue weighted by Crippen LogP contribution is -2.03. The lowest BCUT2D eigenvalue weighted by Gasteiger charge is -2.05. The van der Waals surface area contributed by atoms with E-state index in [-0.39, 0.29) is 0 Å². The molecule has 0 N–H and O–H groups in total. The van der Waals surface area contributed by atoms with Crippen molar-refractivity contribution in [2.45, 2.75) is 25.9 Å². The number of alkyl halides is 3. The second-order valence-electron chi connectivity index (χ2n) is 3.31. The quantitative estimate of drug-likeness (QED) is 0.694. The van der Waals surface area contributed by atoms with Crippen molar-refractivity contribution in [3.8, 4) is 0 Å². The Morgan fingerprint density at radius 3 is 2.20 bits per heavy atom. The molecule has 0 unspecified atom stereocenters. The van der Waals surface area contributed by atoms with Crippen molar-refractivity contribution >= 4 is 6.08 Å². The summed E-state index contributed by atoms with van der Waals surface area (Å²) in [6.45, 7) is 2.05. The summed E-state index contributed by atoms with van der Waals surface area (Å²) in [4.78, 5) is 0. The van der Waals surface area contributed by atoms with E-state index in [2.05, 4.69) is 6.92 Å². The van der Waals surface area contributed by atoms with Crippen molar-refractivity contribution in [1.82, 2.24) is 0 Å². The van der Waals surface area contributed by atoms with E-state index < -0.39 is 11.7 Å². The first-order valence-electron chi connectivity index (χ1n) is 4.88. The molecule has 0 saturated carbocycles. The topological polar surface area (TPSA) is 0 Å². The SMILES string of the molecule is CCC/C=C\c1ccc(C(F)(F)F)cc1. The predicted molar refractivity (Wildman–Crippen MR) is 55.4 cm³/mol. The molecule has 15 heavy (non-hydrogen) atoms. The zero-order chi connectivity index (χ0) is 11.3. The second-order valence-corrected chi connectivity index (χ2v) is 3.31. The van der Waals surface area contributed by atoms with Gasteiger partial charge in [0.25, 0.3) is 0 Å². The minimum atomic E-state index is -4.24. The van der Waals surface area contributed by atoms with Gasteiger partial charge in [0.2, 0.25) is 0 Å². The molecule has 0 saturated heterocycles. The number of benzene rings is 1. The van der Waals surface area contributed by atoms with E-state index in [0.717, 1.165) is 30.5 Å². The molecule has 0 heterocycles. The van der Waals surface area contributed by atoms with Gasteiger partial charge in [-0.05, 0) is 24.1 Å². The van der Waals surface area contributed by atoms with E-state index in [0.29, 0.717) is 0 Å². The summed E-state index contributed by atoms with van der Waals surface area (Å²) >= 11 is 0. The molecular weight excluding hydrogens is 201 g/mol. The summed E-state index contributed by atoms with van der Waals surface area (Å²) in [6.07, 6.45) is 1.54. The van der Waals surface area contributed by atoms with E-state index in [1.807, 2.05) is 12.2 Å². The van der Waals surface area contributed by atoms with Gasteiger partial charge in [-0.1, -0.05) is 37.6 Å². The average molecular weight is 214 g/mol. The fraction of sp³-hybridized carbons (Fsp3) is 0.333. The Morgan fingerprint density at radius 1 is 1.13 bits per heavy atom. The minimum Gasteiger partial charge on any atom is -0.166 e. The Labute approximate surface area is 87.4 Å². The Morgan fingerprint density at radius 2 is 1.73 bits per heavy atom. The number of rotatable bonds is 3. The van der Waals surface area contributed by atoms with E-state index in [1.54, 1.807) is 0 Å². The van der Waals surface area contributed by atoms with E-state index in [9.17, 15) is 13.2 Å². The summed E-state index contributed by atoms with van der Waals surface area (Å²) in [7, 11) is 0. The van der Waals surface area contributed by atoms with Crippen LogP contribution >= 0.6 is 0 Å². The van der Waals surface area contributed by atoms with Crippen LogP contribution in [0.5, 0.6) is 0 Å². The molecule has 0 nitrogen and oxygen atoms in total. The van der Waals surface area contributed by atoms with Crippen LogP contribution in [0.4, 0.5) is 13.2 Å². The third-order valence-corrected chi connectivity index (χ3v) is 2.00. The van der Waals surface area contributed by atoms with Crippen LogP contribution < -0.4 is 0 Å². The molecular formula is C12H13F3. The molecule has 1 aromatic rings. The maximum Gasteiger partial charge on any atom is 0.416 e. The summed E-state index contributed by atoms with van der Waals surface area (Å²) < 4.78 is 36.6. The largest absolute Gasteiger partial charge is 0.416 e. The summed E-state index contributed by atoms with van der Waals surface area (Å²) in [6, 6.07) is 5.17. The van der Waals surface area contributed by atoms with Gasteiger partial charge in [0.1, 0.15) is 0 Å². The summed E-state index contributed by atoms with van der Waals surface area (Å²) in [5.41, 5.74) is 0.201. The highest BCUT2D eigenvalue weighted by atomic mass is 19.4. The first-order valence-corrected chi connectivity index (χ1v) is 4.88. The van der Waals surface area contributed by atoms with Crippen LogP contribution in [0, 0.1) is 0 Å². The normalized spacial score (nSPS) is 12.3. The van der Waals surface area contributed by atoms with Gasteiger partial charge in [-0.2, -0.15) is 13.2 Å². The average Bonchev–Trinajstić information content (AvgIpc) is 2.18. The molecule has 0 bridgehead atoms. The third kappa shape index (κ3) is 3.78. The zero-order valence-electron chi connectivity index (χ0n) is 8.51. The van der Waals surface area contributed by atoms with Gasteiger partial charge in [0, 0.05) is 0 Å². The highest BCUT2D eigenvalue weighted by molar-refractivity contribution is 5.49. The number of hydrogen-bond acceptors (Lipinski definition) is 0. The van der Waals surface area contributed by atoms with Crippen LogP contribution in [0.15, 0.2) is 30.3 Å². The van der Waals surface area contributed by atoms with Gasteiger partial charge in [-0.25, -0.2) is 0 Å². The van der Waals surface area contributed by atoms with Crippen LogP contribution in [-0.2, 0) is 6.18 Å². The standard InChI is InChI=1S/C12H13F3/c1-2-3-4-5-10-6-8-11(9-7-10)12(13,14)15/h4-9H,2-3H2,1H3/b5-4-. The fourth-order valence-electron chi connectivity index (χ4n) is 1.17. The van der Waals surface area contributed by atoms with Crippen LogP contribution in [0.3, 0.4) is 0 Å². The van der Waals surface area contributed by atoms with Gasteiger partial charge in [-0.3, -0.25) is 0 Å².